The molecular formula is C16H19N. The molecule has 1 aromatic carbocycles. The zero-order valence-corrected chi connectivity index (χ0v) is 10.2. The van der Waals surface area contributed by atoms with Gasteiger partial charge in [0.05, 0.1) is 6.04 Å². The standard InChI is InChI=1S/C16H19N/c1-2-4-9-15(10-5-3-1)17-13-12-14-8-6-7-11-16(14)17/h4,6-9,11-13,15H,1-3,5,10H2/b9-4+. The number of para-hydroxylation sites is 1. The topological polar surface area (TPSA) is 4.93 Å². The van der Waals surface area contributed by atoms with Crippen LogP contribution in [0.1, 0.15) is 38.1 Å². The number of fused-ring (bicyclic) bond motifs is 1. The highest BCUT2D eigenvalue weighted by Gasteiger charge is 2.10. The van der Waals surface area contributed by atoms with Gasteiger partial charge >= 0.3 is 0 Å². The molecule has 3 rings (SSSR count). The Morgan fingerprint density at radius 2 is 1.94 bits per heavy atom. The Morgan fingerprint density at radius 3 is 2.94 bits per heavy atom. The normalized spacial score (nSPS) is 23.2. The van der Waals surface area contributed by atoms with E-state index in [2.05, 4.69) is 53.2 Å². The smallest absolute Gasteiger partial charge is 0.0516 e. The van der Waals surface area contributed by atoms with Gasteiger partial charge in [0.2, 0.25) is 0 Å². The molecule has 0 fully saturated rings. The van der Waals surface area contributed by atoms with Gasteiger partial charge in [-0.25, -0.2) is 0 Å². The number of benzene rings is 1. The van der Waals surface area contributed by atoms with Crippen LogP contribution in [0.15, 0.2) is 48.7 Å². The first-order valence-corrected chi connectivity index (χ1v) is 6.67. The van der Waals surface area contributed by atoms with Gasteiger partial charge in [0.25, 0.3) is 0 Å². The van der Waals surface area contributed by atoms with Gasteiger partial charge in [0.1, 0.15) is 0 Å². The summed E-state index contributed by atoms with van der Waals surface area (Å²) in [5.74, 6) is 0. The Balaban J connectivity index is 1.98. The fourth-order valence-electron chi connectivity index (χ4n) is 2.77. The molecule has 1 heterocycles. The lowest BCUT2D eigenvalue weighted by Gasteiger charge is -2.18. The van der Waals surface area contributed by atoms with Gasteiger partial charge < -0.3 is 4.57 Å². The number of hydrogen-bond acceptors (Lipinski definition) is 0. The molecule has 0 amide bonds. The highest BCUT2D eigenvalue weighted by molar-refractivity contribution is 5.80. The summed E-state index contributed by atoms with van der Waals surface area (Å²) in [7, 11) is 0. The van der Waals surface area contributed by atoms with Crippen molar-refractivity contribution in [1.29, 1.82) is 0 Å². The Labute approximate surface area is 103 Å². The maximum Gasteiger partial charge on any atom is 0.0516 e. The molecule has 0 bridgehead atoms. The van der Waals surface area contributed by atoms with Gasteiger partial charge in [-0.3, -0.25) is 0 Å². The Morgan fingerprint density at radius 1 is 1.00 bits per heavy atom. The second-order valence-corrected chi connectivity index (χ2v) is 4.92. The van der Waals surface area contributed by atoms with Gasteiger partial charge in [-0.15, -0.1) is 0 Å². The second kappa shape index (κ2) is 4.79. The van der Waals surface area contributed by atoms with E-state index in [0.29, 0.717) is 6.04 Å². The molecule has 1 nitrogen and oxygen atoms in total. The Kier molecular flexibility index (Phi) is 3.00. The fraction of sp³-hybridized carbons (Fsp3) is 0.375. The van der Waals surface area contributed by atoms with Crippen LogP contribution in [0, 0.1) is 0 Å². The van der Waals surface area contributed by atoms with Crippen LogP contribution in [0.3, 0.4) is 0 Å². The average Bonchev–Trinajstić information content (AvgIpc) is 2.73. The summed E-state index contributed by atoms with van der Waals surface area (Å²) in [6.45, 7) is 0. The van der Waals surface area contributed by atoms with Crippen LogP contribution in [0.2, 0.25) is 0 Å². The summed E-state index contributed by atoms with van der Waals surface area (Å²) in [5, 5.41) is 1.35. The average molecular weight is 225 g/mol. The number of rotatable bonds is 1. The van der Waals surface area contributed by atoms with Crippen molar-refractivity contribution >= 4 is 10.9 Å². The maximum atomic E-state index is 2.43. The summed E-state index contributed by atoms with van der Waals surface area (Å²) in [6.07, 6.45) is 13.6. The van der Waals surface area contributed by atoms with Crippen LogP contribution in [-0.2, 0) is 0 Å². The molecule has 2 aromatic rings. The second-order valence-electron chi connectivity index (χ2n) is 4.92. The summed E-state index contributed by atoms with van der Waals surface area (Å²) >= 11 is 0. The zero-order valence-electron chi connectivity index (χ0n) is 10.2. The van der Waals surface area contributed by atoms with Crippen LogP contribution in [0.25, 0.3) is 10.9 Å². The lowest BCUT2D eigenvalue weighted by Crippen LogP contribution is -2.06. The summed E-state index contributed by atoms with van der Waals surface area (Å²) in [5.41, 5.74) is 1.36. The van der Waals surface area contributed by atoms with Crippen molar-refractivity contribution in [3.63, 3.8) is 0 Å². The van der Waals surface area contributed by atoms with Gasteiger partial charge in [0, 0.05) is 11.7 Å². The van der Waals surface area contributed by atoms with Crippen molar-refractivity contribution in [2.45, 2.75) is 38.1 Å². The van der Waals surface area contributed by atoms with Crippen molar-refractivity contribution in [2.24, 2.45) is 0 Å². The molecule has 0 radical (unpaired) electrons. The molecule has 0 saturated carbocycles. The lowest BCUT2D eigenvalue weighted by molar-refractivity contribution is 0.513. The number of nitrogens with zero attached hydrogens (tertiary/aromatic N) is 1. The first-order valence-electron chi connectivity index (χ1n) is 6.67. The van der Waals surface area contributed by atoms with E-state index < -0.39 is 0 Å². The van der Waals surface area contributed by atoms with Crippen LogP contribution in [0.5, 0.6) is 0 Å². The molecular weight excluding hydrogens is 206 g/mol. The lowest BCUT2D eigenvalue weighted by atomic mass is 10.0. The number of allylic oxidation sites excluding steroid dienone is 2. The Hall–Kier alpha value is -1.50. The molecule has 1 unspecified atom stereocenters. The molecule has 1 aliphatic carbocycles. The van der Waals surface area contributed by atoms with E-state index in [1.165, 1.54) is 43.0 Å². The van der Waals surface area contributed by atoms with Crippen molar-refractivity contribution in [1.82, 2.24) is 4.57 Å². The van der Waals surface area contributed by atoms with Crippen molar-refractivity contribution in [3.8, 4) is 0 Å². The fourth-order valence-corrected chi connectivity index (χ4v) is 2.77. The van der Waals surface area contributed by atoms with Crippen molar-refractivity contribution < 1.29 is 0 Å². The minimum absolute atomic E-state index is 0.551. The molecule has 1 aliphatic rings. The number of aromatic nitrogens is 1. The van der Waals surface area contributed by atoms with E-state index >= 15 is 0 Å². The van der Waals surface area contributed by atoms with Gasteiger partial charge in [-0.05, 0) is 36.8 Å². The highest BCUT2D eigenvalue weighted by atomic mass is 15.0. The van der Waals surface area contributed by atoms with E-state index in [9.17, 15) is 0 Å². The number of hydrogen-bond donors (Lipinski definition) is 0. The molecule has 88 valence electrons. The molecule has 0 aliphatic heterocycles. The van der Waals surface area contributed by atoms with Crippen LogP contribution in [-0.4, -0.2) is 4.57 Å². The first kappa shape index (κ1) is 10.6. The molecule has 1 heteroatoms. The van der Waals surface area contributed by atoms with E-state index in [1.54, 1.807) is 0 Å². The molecule has 0 saturated heterocycles. The summed E-state index contributed by atoms with van der Waals surface area (Å²) < 4.78 is 2.43. The Bertz CT molecular complexity index is 521. The van der Waals surface area contributed by atoms with E-state index in [1.807, 2.05) is 0 Å². The van der Waals surface area contributed by atoms with Crippen molar-refractivity contribution in [3.05, 3.63) is 48.7 Å². The summed E-state index contributed by atoms with van der Waals surface area (Å²) in [6, 6.07) is 11.4. The zero-order chi connectivity index (χ0) is 11.5. The molecule has 0 spiro atoms. The van der Waals surface area contributed by atoms with Crippen LogP contribution in [0.4, 0.5) is 0 Å². The van der Waals surface area contributed by atoms with Crippen LogP contribution < -0.4 is 0 Å². The monoisotopic (exact) mass is 225 g/mol. The largest absolute Gasteiger partial charge is 0.341 e. The third-order valence-corrected chi connectivity index (χ3v) is 3.72. The van der Waals surface area contributed by atoms with E-state index in [0.717, 1.165) is 0 Å². The van der Waals surface area contributed by atoms with Gasteiger partial charge in [-0.1, -0.05) is 43.2 Å². The third kappa shape index (κ3) is 2.14. The van der Waals surface area contributed by atoms with Crippen LogP contribution >= 0.6 is 0 Å². The molecule has 1 atom stereocenters. The summed E-state index contributed by atoms with van der Waals surface area (Å²) in [4.78, 5) is 0. The minimum atomic E-state index is 0.551. The quantitative estimate of drug-likeness (QED) is 0.620. The van der Waals surface area contributed by atoms with Gasteiger partial charge in [-0.2, -0.15) is 0 Å². The molecule has 0 N–H and O–H groups in total. The maximum absolute atomic E-state index is 2.43. The SMILES string of the molecule is C1=C/C(n2ccc3ccccc32)CCCCC/1. The minimum Gasteiger partial charge on any atom is -0.341 e. The predicted octanol–water partition coefficient (Wildman–Crippen LogP) is 4.70. The van der Waals surface area contributed by atoms with Crippen molar-refractivity contribution in [2.75, 3.05) is 0 Å². The van der Waals surface area contributed by atoms with E-state index in [-0.39, 0.29) is 0 Å². The highest BCUT2D eigenvalue weighted by Crippen LogP contribution is 2.26. The van der Waals surface area contributed by atoms with Gasteiger partial charge in [0.15, 0.2) is 0 Å². The third-order valence-electron chi connectivity index (χ3n) is 3.72. The molecule has 17 heavy (non-hydrogen) atoms. The van der Waals surface area contributed by atoms with E-state index in [4.69, 9.17) is 0 Å². The predicted molar refractivity (Wildman–Crippen MR) is 73.2 cm³/mol. The molecule has 1 aromatic heterocycles. The first-order chi connectivity index (χ1) is 8.45.